The van der Waals surface area contributed by atoms with Crippen LogP contribution >= 0.6 is 0 Å². The molecule has 2 heterocycles. The van der Waals surface area contributed by atoms with Gasteiger partial charge >= 0.3 is 0 Å². The van der Waals surface area contributed by atoms with Crippen molar-refractivity contribution in [2.45, 2.75) is 25.3 Å². The van der Waals surface area contributed by atoms with Gasteiger partial charge in [-0.3, -0.25) is 9.69 Å². The first-order valence-electron chi connectivity index (χ1n) is 8.99. The van der Waals surface area contributed by atoms with Crippen molar-refractivity contribution in [3.63, 3.8) is 0 Å². The lowest BCUT2D eigenvalue weighted by Gasteiger charge is -2.34. The van der Waals surface area contributed by atoms with Crippen molar-refractivity contribution in [1.29, 1.82) is 0 Å². The second kappa shape index (κ2) is 6.45. The van der Waals surface area contributed by atoms with Crippen molar-refractivity contribution < 1.29 is 13.9 Å². The molecule has 0 N–H and O–H groups in total. The van der Waals surface area contributed by atoms with Crippen LogP contribution < -0.4 is 0 Å². The Morgan fingerprint density at radius 2 is 1.88 bits per heavy atom. The van der Waals surface area contributed by atoms with E-state index < -0.39 is 0 Å². The van der Waals surface area contributed by atoms with Gasteiger partial charge in [0.2, 0.25) is 5.91 Å². The molecule has 0 radical (unpaired) electrons. The Morgan fingerprint density at radius 1 is 1.17 bits per heavy atom. The highest BCUT2D eigenvalue weighted by molar-refractivity contribution is 5.83. The van der Waals surface area contributed by atoms with Gasteiger partial charge in [-0.1, -0.05) is 19.1 Å². The van der Waals surface area contributed by atoms with Gasteiger partial charge in [-0.2, -0.15) is 0 Å². The highest BCUT2D eigenvalue weighted by atomic mass is 19.1. The zero-order chi connectivity index (χ0) is 16.7. The van der Waals surface area contributed by atoms with Crippen LogP contribution in [-0.4, -0.2) is 61.1 Å². The standard InChI is InChI=1S/C19H25FN2O2/c1-13-11-22(12-18(13)21-6-8-24-9-7-21)19(23)17-10-16(17)14-2-4-15(20)5-3-14/h2-5,13,16-18H,6-12H2,1H3/t13-,16-,17-,18-/m1/s1. The fourth-order valence-electron chi connectivity index (χ4n) is 4.29. The molecule has 1 saturated carbocycles. The second-order valence-corrected chi connectivity index (χ2v) is 7.44. The first-order chi connectivity index (χ1) is 11.6. The van der Waals surface area contributed by atoms with E-state index in [1.807, 2.05) is 12.1 Å². The van der Waals surface area contributed by atoms with Crippen LogP contribution in [0.1, 0.15) is 24.8 Å². The number of hydrogen-bond donors (Lipinski definition) is 0. The molecule has 4 nitrogen and oxygen atoms in total. The summed E-state index contributed by atoms with van der Waals surface area (Å²) in [5.74, 6) is 0.938. The number of morpholine rings is 1. The predicted molar refractivity (Wildman–Crippen MR) is 89.2 cm³/mol. The zero-order valence-electron chi connectivity index (χ0n) is 14.2. The van der Waals surface area contributed by atoms with E-state index in [2.05, 4.69) is 16.7 Å². The minimum Gasteiger partial charge on any atom is -0.379 e. The minimum atomic E-state index is -0.219. The van der Waals surface area contributed by atoms with Gasteiger partial charge in [0.05, 0.1) is 13.2 Å². The third-order valence-corrected chi connectivity index (χ3v) is 5.80. The fourth-order valence-corrected chi connectivity index (χ4v) is 4.29. The molecule has 1 aromatic rings. The van der Waals surface area contributed by atoms with E-state index in [9.17, 15) is 9.18 Å². The van der Waals surface area contributed by atoms with Gasteiger partial charge < -0.3 is 9.64 Å². The highest BCUT2D eigenvalue weighted by Crippen LogP contribution is 2.49. The van der Waals surface area contributed by atoms with Crippen molar-refractivity contribution in [2.24, 2.45) is 11.8 Å². The molecule has 0 aromatic heterocycles. The molecule has 1 aliphatic carbocycles. The summed E-state index contributed by atoms with van der Waals surface area (Å²) in [6, 6.07) is 7.07. The maximum absolute atomic E-state index is 13.0. The van der Waals surface area contributed by atoms with Crippen molar-refractivity contribution in [2.75, 3.05) is 39.4 Å². The summed E-state index contributed by atoms with van der Waals surface area (Å²) in [6.07, 6.45) is 0.900. The van der Waals surface area contributed by atoms with Crippen molar-refractivity contribution in [3.8, 4) is 0 Å². The number of likely N-dealkylation sites (tertiary alicyclic amines) is 1. The molecule has 5 heteroatoms. The number of ether oxygens (including phenoxy) is 1. The first-order valence-corrected chi connectivity index (χ1v) is 8.99. The largest absolute Gasteiger partial charge is 0.379 e. The first kappa shape index (κ1) is 16.0. The van der Waals surface area contributed by atoms with Crippen LogP contribution in [0.15, 0.2) is 24.3 Å². The summed E-state index contributed by atoms with van der Waals surface area (Å²) in [7, 11) is 0. The summed E-state index contributed by atoms with van der Waals surface area (Å²) in [5.41, 5.74) is 1.09. The predicted octanol–water partition coefficient (Wildman–Crippen LogP) is 2.11. The Morgan fingerprint density at radius 3 is 2.58 bits per heavy atom. The molecular weight excluding hydrogens is 307 g/mol. The lowest BCUT2D eigenvalue weighted by Crippen LogP contribution is -2.47. The Balaban J connectivity index is 1.36. The Hall–Kier alpha value is -1.46. The molecule has 1 amide bonds. The van der Waals surface area contributed by atoms with Gasteiger partial charge in [0.1, 0.15) is 5.82 Å². The number of carbonyl (C=O) groups is 1. The molecule has 0 unspecified atom stereocenters. The molecule has 3 aliphatic rings. The lowest BCUT2D eigenvalue weighted by molar-refractivity contribution is -0.131. The number of amides is 1. The topological polar surface area (TPSA) is 32.8 Å². The van der Waals surface area contributed by atoms with Crippen LogP contribution in [0.2, 0.25) is 0 Å². The Kier molecular flexibility index (Phi) is 4.31. The summed E-state index contributed by atoms with van der Waals surface area (Å²) in [5, 5.41) is 0. The molecule has 4 rings (SSSR count). The molecule has 24 heavy (non-hydrogen) atoms. The maximum Gasteiger partial charge on any atom is 0.226 e. The molecule has 4 atom stereocenters. The highest BCUT2D eigenvalue weighted by Gasteiger charge is 2.48. The number of halogens is 1. The summed E-state index contributed by atoms with van der Waals surface area (Å²) in [4.78, 5) is 17.4. The third kappa shape index (κ3) is 3.07. The van der Waals surface area contributed by atoms with Crippen LogP contribution in [0.3, 0.4) is 0 Å². The smallest absolute Gasteiger partial charge is 0.226 e. The van der Waals surface area contributed by atoms with Crippen LogP contribution in [0.25, 0.3) is 0 Å². The normalized spacial score (nSPS) is 33.7. The van der Waals surface area contributed by atoms with E-state index in [1.165, 1.54) is 12.1 Å². The number of rotatable bonds is 3. The molecule has 0 spiro atoms. The maximum atomic E-state index is 13.0. The molecule has 2 saturated heterocycles. The van der Waals surface area contributed by atoms with E-state index in [1.54, 1.807) is 0 Å². The van der Waals surface area contributed by atoms with Crippen LogP contribution in [0, 0.1) is 17.7 Å². The van der Waals surface area contributed by atoms with E-state index in [4.69, 9.17) is 4.74 Å². The third-order valence-electron chi connectivity index (χ3n) is 5.80. The van der Waals surface area contributed by atoms with Gasteiger partial charge in [-0.25, -0.2) is 4.39 Å². The second-order valence-electron chi connectivity index (χ2n) is 7.44. The molecular formula is C19H25FN2O2. The molecule has 1 aromatic carbocycles. The fraction of sp³-hybridized carbons (Fsp3) is 0.632. The van der Waals surface area contributed by atoms with E-state index in [0.717, 1.165) is 51.4 Å². The Bertz CT molecular complexity index is 600. The van der Waals surface area contributed by atoms with Crippen LogP contribution in [0.4, 0.5) is 4.39 Å². The van der Waals surface area contributed by atoms with E-state index in [0.29, 0.717) is 12.0 Å². The Labute approximate surface area is 142 Å². The van der Waals surface area contributed by atoms with Gasteiger partial charge in [-0.15, -0.1) is 0 Å². The van der Waals surface area contributed by atoms with Crippen molar-refractivity contribution >= 4 is 5.91 Å². The SMILES string of the molecule is C[C@@H]1CN(C(=O)[C@@H]2C[C@@H]2c2ccc(F)cc2)C[C@H]1N1CCOCC1. The number of hydrogen-bond acceptors (Lipinski definition) is 3. The summed E-state index contributed by atoms with van der Waals surface area (Å²) >= 11 is 0. The van der Waals surface area contributed by atoms with Gasteiger partial charge in [0.15, 0.2) is 0 Å². The van der Waals surface area contributed by atoms with Crippen molar-refractivity contribution in [3.05, 3.63) is 35.6 Å². The molecule has 2 aliphatic heterocycles. The summed E-state index contributed by atoms with van der Waals surface area (Å²) in [6.45, 7) is 7.48. The minimum absolute atomic E-state index is 0.0890. The summed E-state index contributed by atoms with van der Waals surface area (Å²) < 4.78 is 18.5. The monoisotopic (exact) mass is 332 g/mol. The average Bonchev–Trinajstić information content (AvgIpc) is 3.31. The van der Waals surface area contributed by atoms with Crippen molar-refractivity contribution in [1.82, 2.24) is 9.80 Å². The molecule has 130 valence electrons. The average molecular weight is 332 g/mol. The number of nitrogens with zero attached hydrogens (tertiary/aromatic N) is 2. The van der Waals surface area contributed by atoms with Crippen LogP contribution in [-0.2, 0) is 9.53 Å². The van der Waals surface area contributed by atoms with E-state index >= 15 is 0 Å². The van der Waals surface area contributed by atoms with Gasteiger partial charge in [0.25, 0.3) is 0 Å². The lowest BCUT2D eigenvalue weighted by atomic mass is 10.0. The quantitative estimate of drug-likeness (QED) is 0.850. The van der Waals surface area contributed by atoms with Gasteiger partial charge in [-0.05, 0) is 36.0 Å². The molecule has 3 fully saturated rings. The van der Waals surface area contributed by atoms with Gasteiger partial charge in [0, 0.05) is 38.1 Å². The molecule has 0 bridgehead atoms. The zero-order valence-corrected chi connectivity index (χ0v) is 14.2. The number of carbonyl (C=O) groups excluding carboxylic acids is 1. The van der Waals surface area contributed by atoms with E-state index in [-0.39, 0.29) is 23.6 Å². The number of benzene rings is 1. The van der Waals surface area contributed by atoms with Crippen LogP contribution in [0.5, 0.6) is 0 Å².